The molecule has 1 aromatic rings. The van der Waals surface area contributed by atoms with Gasteiger partial charge in [-0.05, 0) is 98.9 Å². The lowest BCUT2D eigenvalue weighted by molar-refractivity contribution is 0.193. The molecular formula is C31H52ClN5. The van der Waals surface area contributed by atoms with E-state index < -0.39 is 0 Å². The van der Waals surface area contributed by atoms with Gasteiger partial charge < -0.3 is 20.9 Å². The molecule has 6 heteroatoms. The number of nitrogens with two attached hydrogens (primary N) is 1. The number of likely N-dealkylation sites (N-methyl/N-ethyl adjacent to an activating group) is 2. The summed E-state index contributed by atoms with van der Waals surface area (Å²) in [6, 6.07) is 6.48. The van der Waals surface area contributed by atoms with E-state index in [4.69, 9.17) is 11.6 Å². The molecule has 0 bridgehead atoms. The first-order valence-electron chi connectivity index (χ1n) is 13.5. The highest BCUT2D eigenvalue weighted by atomic mass is 35.5. The molecule has 3 rings (SSSR count). The molecule has 3 N–H and O–H groups in total. The normalized spacial score (nSPS) is 16.9. The third-order valence-electron chi connectivity index (χ3n) is 6.64. The third kappa shape index (κ3) is 10.9. The highest BCUT2D eigenvalue weighted by Crippen LogP contribution is 2.41. The van der Waals surface area contributed by atoms with Crippen molar-refractivity contribution in [3.8, 4) is 0 Å². The summed E-state index contributed by atoms with van der Waals surface area (Å²) in [4.78, 5) is 8.95. The number of aliphatic imine (C=N–C) groups is 1. The Morgan fingerprint density at radius 3 is 2.35 bits per heavy atom. The standard InChI is InChI=1S/C25H37ClN4.C2H5N.C2H6.C2H4/c1-6-7-22(19-10-12-29(4)13-11-19)23-9-8-21(26)14-24(23)18(2)25(27-3)20-15-28-17-30(5)16-20;1-2-3;2*1-2/h8-9,14-15,17,19,22,25,27H,2,6-7,10-13,16H2,1,3-5H3;2H,1,3H2;1-2H3;1-2H2. The summed E-state index contributed by atoms with van der Waals surface area (Å²) < 4.78 is 0. The minimum Gasteiger partial charge on any atom is -0.405 e. The van der Waals surface area contributed by atoms with Crippen molar-refractivity contribution in [1.82, 2.24) is 15.1 Å². The number of hydrogen-bond acceptors (Lipinski definition) is 5. The maximum Gasteiger partial charge on any atom is 0.0905 e. The van der Waals surface area contributed by atoms with E-state index in [-0.39, 0.29) is 6.04 Å². The number of likely N-dealkylation sites (tertiary alicyclic amines) is 1. The molecule has 2 atom stereocenters. The van der Waals surface area contributed by atoms with E-state index in [2.05, 4.69) is 84.3 Å². The third-order valence-corrected chi connectivity index (χ3v) is 6.87. The fourth-order valence-corrected chi connectivity index (χ4v) is 5.21. The van der Waals surface area contributed by atoms with Crippen LogP contribution in [0.1, 0.15) is 63.5 Å². The first-order chi connectivity index (χ1) is 17.9. The van der Waals surface area contributed by atoms with Crippen LogP contribution in [0.15, 0.2) is 67.5 Å². The Labute approximate surface area is 232 Å². The Balaban J connectivity index is 0.00000169. The molecule has 2 aliphatic heterocycles. The predicted molar refractivity (Wildman–Crippen MR) is 167 cm³/mol. The fraction of sp³-hybridized carbons (Fsp3) is 0.516. The predicted octanol–water partition coefficient (Wildman–Crippen LogP) is 6.94. The van der Waals surface area contributed by atoms with Gasteiger partial charge >= 0.3 is 0 Å². The Kier molecular flexibility index (Phi) is 18.5. The summed E-state index contributed by atoms with van der Waals surface area (Å²) in [5.74, 6) is 1.26. The number of nitrogens with one attached hydrogen (secondary N) is 1. The lowest BCUT2D eigenvalue weighted by Gasteiger charge is -2.36. The topological polar surface area (TPSA) is 56.9 Å². The van der Waals surface area contributed by atoms with Crippen molar-refractivity contribution >= 4 is 23.5 Å². The van der Waals surface area contributed by atoms with Crippen molar-refractivity contribution in [2.45, 2.75) is 58.4 Å². The quantitative estimate of drug-likeness (QED) is 0.358. The van der Waals surface area contributed by atoms with Crippen LogP contribution in [-0.4, -0.2) is 63.0 Å². The summed E-state index contributed by atoms with van der Waals surface area (Å²) in [5, 5.41) is 4.25. The van der Waals surface area contributed by atoms with E-state index in [1.165, 1.54) is 61.7 Å². The summed E-state index contributed by atoms with van der Waals surface area (Å²) in [7, 11) is 6.28. The average Bonchev–Trinajstić information content (AvgIpc) is 2.91. The fourth-order valence-electron chi connectivity index (χ4n) is 5.03. The molecule has 0 aromatic heterocycles. The molecule has 208 valence electrons. The second-order valence-electron chi connectivity index (χ2n) is 9.13. The van der Waals surface area contributed by atoms with Gasteiger partial charge in [-0.2, -0.15) is 0 Å². The molecule has 5 nitrogen and oxygen atoms in total. The van der Waals surface area contributed by atoms with Crippen LogP contribution in [0.3, 0.4) is 0 Å². The van der Waals surface area contributed by atoms with Crippen molar-refractivity contribution in [3.63, 3.8) is 0 Å². The van der Waals surface area contributed by atoms with E-state index in [0.29, 0.717) is 11.8 Å². The zero-order chi connectivity index (χ0) is 28.4. The second kappa shape index (κ2) is 19.7. The van der Waals surface area contributed by atoms with Crippen LogP contribution in [0.25, 0.3) is 5.57 Å². The molecular weight excluding hydrogens is 478 g/mol. The Morgan fingerprint density at radius 1 is 1.24 bits per heavy atom. The molecule has 37 heavy (non-hydrogen) atoms. The number of halogens is 1. The average molecular weight is 530 g/mol. The van der Waals surface area contributed by atoms with Gasteiger partial charge in [-0.15, -0.1) is 13.2 Å². The van der Waals surface area contributed by atoms with Crippen LogP contribution in [0, 0.1) is 5.92 Å². The molecule has 0 radical (unpaired) electrons. The highest BCUT2D eigenvalue weighted by molar-refractivity contribution is 6.30. The molecule has 0 amide bonds. The van der Waals surface area contributed by atoms with Gasteiger partial charge in [0.15, 0.2) is 0 Å². The van der Waals surface area contributed by atoms with Gasteiger partial charge in [0.05, 0.1) is 12.4 Å². The molecule has 2 aliphatic rings. The minimum absolute atomic E-state index is 0.0434. The van der Waals surface area contributed by atoms with Crippen LogP contribution in [0.2, 0.25) is 5.02 Å². The maximum absolute atomic E-state index is 6.49. The molecule has 0 spiro atoms. The Hall–Kier alpha value is -2.34. The first kappa shape index (κ1) is 34.7. The molecule has 0 saturated carbocycles. The van der Waals surface area contributed by atoms with Crippen molar-refractivity contribution < 1.29 is 0 Å². The SMILES string of the molecule is C=C.C=C(c1cc(Cl)ccc1C(CCC)C1CCN(C)CC1)C(NC)C1=CN=CN(C)C1.C=CN.CC. The first-order valence-corrected chi connectivity index (χ1v) is 13.8. The van der Waals surface area contributed by atoms with Crippen molar-refractivity contribution in [2.75, 3.05) is 40.8 Å². The minimum atomic E-state index is 0.0434. The monoisotopic (exact) mass is 529 g/mol. The van der Waals surface area contributed by atoms with Crippen molar-refractivity contribution in [2.24, 2.45) is 16.6 Å². The Morgan fingerprint density at radius 2 is 1.84 bits per heavy atom. The zero-order valence-electron chi connectivity index (χ0n) is 24.3. The smallest absolute Gasteiger partial charge is 0.0905 e. The number of nitrogens with zero attached hydrogens (tertiary/aromatic N) is 3. The molecule has 1 fully saturated rings. The van der Waals surface area contributed by atoms with Crippen LogP contribution >= 0.6 is 11.6 Å². The summed E-state index contributed by atoms with van der Waals surface area (Å²) in [5.41, 5.74) is 9.54. The van der Waals surface area contributed by atoms with Gasteiger partial charge in [0.25, 0.3) is 0 Å². The zero-order valence-corrected chi connectivity index (χ0v) is 25.0. The van der Waals surface area contributed by atoms with E-state index in [0.717, 1.165) is 17.1 Å². The van der Waals surface area contributed by atoms with E-state index >= 15 is 0 Å². The maximum atomic E-state index is 6.49. The van der Waals surface area contributed by atoms with E-state index in [1.807, 2.05) is 40.5 Å². The van der Waals surface area contributed by atoms with Gasteiger partial charge in [-0.25, -0.2) is 4.99 Å². The second-order valence-corrected chi connectivity index (χ2v) is 9.57. The van der Waals surface area contributed by atoms with E-state index in [1.54, 1.807) is 0 Å². The van der Waals surface area contributed by atoms with Crippen LogP contribution < -0.4 is 11.1 Å². The van der Waals surface area contributed by atoms with Crippen LogP contribution in [0.5, 0.6) is 0 Å². The molecule has 1 aromatic carbocycles. The van der Waals surface area contributed by atoms with E-state index in [9.17, 15) is 0 Å². The lowest BCUT2D eigenvalue weighted by atomic mass is 9.75. The summed E-state index contributed by atoms with van der Waals surface area (Å²) in [6.45, 7) is 23.2. The van der Waals surface area contributed by atoms with Gasteiger partial charge in [0.2, 0.25) is 0 Å². The van der Waals surface area contributed by atoms with Crippen molar-refractivity contribution in [3.05, 3.63) is 78.6 Å². The molecule has 2 unspecified atom stereocenters. The molecule has 2 heterocycles. The largest absolute Gasteiger partial charge is 0.405 e. The number of hydrogen-bond donors (Lipinski definition) is 2. The summed E-state index contributed by atoms with van der Waals surface area (Å²) in [6.07, 6.45) is 9.99. The summed E-state index contributed by atoms with van der Waals surface area (Å²) >= 11 is 6.49. The van der Waals surface area contributed by atoms with Gasteiger partial charge in [-0.3, -0.25) is 0 Å². The number of benzene rings is 1. The van der Waals surface area contributed by atoms with Crippen LogP contribution in [0.4, 0.5) is 0 Å². The molecule has 1 saturated heterocycles. The van der Waals surface area contributed by atoms with Crippen LogP contribution in [-0.2, 0) is 0 Å². The lowest BCUT2D eigenvalue weighted by Crippen LogP contribution is -2.36. The van der Waals surface area contributed by atoms with Gasteiger partial charge in [-0.1, -0.05) is 58.0 Å². The highest BCUT2D eigenvalue weighted by Gasteiger charge is 2.30. The number of piperidine rings is 1. The Bertz CT molecular complexity index is 855. The van der Waals surface area contributed by atoms with Crippen molar-refractivity contribution in [1.29, 1.82) is 0 Å². The number of rotatable bonds is 8. The molecule has 0 aliphatic carbocycles. The van der Waals surface area contributed by atoms with Gasteiger partial charge in [0.1, 0.15) is 0 Å². The van der Waals surface area contributed by atoms with Gasteiger partial charge in [0, 0.05) is 24.8 Å².